The molecule has 1 heterocycles. The molecular weight excluding hydrogens is 468 g/mol. The van der Waals surface area contributed by atoms with Crippen LogP contribution in [0.25, 0.3) is 0 Å². The molecular formula is C34H44N2O2. The van der Waals surface area contributed by atoms with E-state index in [1.807, 2.05) is 47.4 Å². The predicted molar refractivity (Wildman–Crippen MR) is 157 cm³/mol. The van der Waals surface area contributed by atoms with Crippen LogP contribution in [0.5, 0.6) is 5.75 Å². The Hall–Kier alpha value is -3.11. The number of benzene rings is 3. The first-order valence-electron chi connectivity index (χ1n) is 14.5. The summed E-state index contributed by atoms with van der Waals surface area (Å²) in [4.78, 5) is 18.2. The number of hydrogen-bond donors (Lipinski definition) is 0. The third-order valence-corrected chi connectivity index (χ3v) is 7.67. The topological polar surface area (TPSA) is 32.8 Å². The molecule has 1 saturated heterocycles. The molecule has 4 nitrogen and oxygen atoms in total. The minimum atomic E-state index is 0.114. The second-order valence-corrected chi connectivity index (χ2v) is 10.7. The standard InChI is InChI=1S/C34H44N2O2/c1-3-4-12-29-15-19-32(20-16-29)34(37)36(25-10-24-35-23-9-8-11-28(35)2)26-30-17-21-33(22-18-30)38-27-31-13-6-5-7-14-31/h5-7,13-22,28H,3-4,8-12,23-27H2,1-2H3. The van der Waals surface area contributed by atoms with Gasteiger partial charge in [-0.2, -0.15) is 0 Å². The van der Waals surface area contributed by atoms with Crippen molar-refractivity contribution in [3.8, 4) is 5.75 Å². The van der Waals surface area contributed by atoms with Gasteiger partial charge in [0.1, 0.15) is 12.4 Å². The highest BCUT2D eigenvalue weighted by molar-refractivity contribution is 5.94. The van der Waals surface area contributed by atoms with Gasteiger partial charge in [0.15, 0.2) is 0 Å². The van der Waals surface area contributed by atoms with Crippen molar-refractivity contribution in [3.05, 3.63) is 101 Å². The molecule has 3 aromatic rings. The van der Waals surface area contributed by atoms with E-state index in [1.54, 1.807) is 0 Å². The molecule has 1 unspecified atom stereocenters. The zero-order valence-corrected chi connectivity index (χ0v) is 23.3. The van der Waals surface area contributed by atoms with Crippen LogP contribution in [-0.2, 0) is 19.6 Å². The second-order valence-electron chi connectivity index (χ2n) is 10.7. The normalized spacial score (nSPS) is 15.8. The molecule has 202 valence electrons. The average molecular weight is 513 g/mol. The number of piperidine rings is 1. The van der Waals surface area contributed by atoms with E-state index in [1.165, 1.54) is 44.2 Å². The highest BCUT2D eigenvalue weighted by Crippen LogP contribution is 2.19. The quantitative estimate of drug-likeness (QED) is 0.237. The SMILES string of the molecule is CCCCc1ccc(C(=O)N(CCCN2CCCCC2C)Cc2ccc(OCc3ccccc3)cc2)cc1. The zero-order valence-electron chi connectivity index (χ0n) is 23.3. The third-order valence-electron chi connectivity index (χ3n) is 7.67. The summed E-state index contributed by atoms with van der Waals surface area (Å²) in [7, 11) is 0. The van der Waals surface area contributed by atoms with Crippen LogP contribution in [0.3, 0.4) is 0 Å². The first-order chi connectivity index (χ1) is 18.6. The average Bonchev–Trinajstić information content (AvgIpc) is 2.96. The lowest BCUT2D eigenvalue weighted by Crippen LogP contribution is -2.40. The number of carbonyl (C=O) groups is 1. The molecule has 1 fully saturated rings. The number of amides is 1. The van der Waals surface area contributed by atoms with Crippen molar-refractivity contribution < 1.29 is 9.53 Å². The molecule has 1 aliphatic rings. The molecule has 0 saturated carbocycles. The Morgan fingerprint density at radius 3 is 2.34 bits per heavy atom. The maximum Gasteiger partial charge on any atom is 0.254 e. The third kappa shape index (κ3) is 8.46. The Kier molecular flexibility index (Phi) is 10.8. The number of rotatable bonds is 13. The van der Waals surface area contributed by atoms with Gasteiger partial charge in [0.2, 0.25) is 0 Å². The molecule has 1 aliphatic heterocycles. The summed E-state index contributed by atoms with van der Waals surface area (Å²) >= 11 is 0. The fourth-order valence-electron chi connectivity index (χ4n) is 5.24. The van der Waals surface area contributed by atoms with E-state index < -0.39 is 0 Å². The summed E-state index contributed by atoms with van der Waals surface area (Å²) < 4.78 is 5.96. The number of likely N-dealkylation sites (tertiary alicyclic amines) is 1. The molecule has 4 rings (SSSR count). The molecule has 1 atom stereocenters. The molecule has 0 spiro atoms. The van der Waals surface area contributed by atoms with E-state index in [-0.39, 0.29) is 5.91 Å². The van der Waals surface area contributed by atoms with Gasteiger partial charge in [-0.1, -0.05) is 74.4 Å². The van der Waals surface area contributed by atoms with Crippen LogP contribution in [0.1, 0.15) is 79.4 Å². The summed E-state index contributed by atoms with van der Waals surface area (Å²) in [6.45, 7) is 8.68. The van der Waals surface area contributed by atoms with E-state index in [0.29, 0.717) is 19.2 Å². The summed E-state index contributed by atoms with van der Waals surface area (Å²) in [6, 6.07) is 27.3. The smallest absolute Gasteiger partial charge is 0.254 e. The van der Waals surface area contributed by atoms with Gasteiger partial charge in [-0.25, -0.2) is 0 Å². The van der Waals surface area contributed by atoms with Crippen LogP contribution in [0, 0.1) is 0 Å². The Morgan fingerprint density at radius 1 is 0.895 bits per heavy atom. The van der Waals surface area contributed by atoms with E-state index in [0.717, 1.165) is 48.4 Å². The van der Waals surface area contributed by atoms with Crippen LogP contribution in [0.2, 0.25) is 0 Å². The number of carbonyl (C=O) groups excluding carboxylic acids is 1. The lowest BCUT2D eigenvalue weighted by molar-refractivity contribution is 0.0726. The molecule has 1 amide bonds. The van der Waals surface area contributed by atoms with Gasteiger partial charge in [0.25, 0.3) is 5.91 Å². The predicted octanol–water partition coefficient (Wildman–Crippen LogP) is 7.52. The number of aryl methyl sites for hydroxylation is 1. The zero-order chi connectivity index (χ0) is 26.6. The molecule has 0 aliphatic carbocycles. The van der Waals surface area contributed by atoms with Crippen LogP contribution in [0.15, 0.2) is 78.9 Å². The maximum atomic E-state index is 13.6. The van der Waals surface area contributed by atoms with Crippen molar-refractivity contribution in [2.24, 2.45) is 0 Å². The van der Waals surface area contributed by atoms with Crippen molar-refractivity contribution >= 4 is 5.91 Å². The lowest BCUT2D eigenvalue weighted by Gasteiger charge is -2.34. The van der Waals surface area contributed by atoms with Crippen molar-refractivity contribution in [1.82, 2.24) is 9.80 Å². The van der Waals surface area contributed by atoms with E-state index in [4.69, 9.17) is 4.74 Å². The fraction of sp³-hybridized carbons (Fsp3) is 0.441. The summed E-state index contributed by atoms with van der Waals surface area (Å²) in [5.74, 6) is 0.959. The molecule has 38 heavy (non-hydrogen) atoms. The molecule has 4 heteroatoms. The Morgan fingerprint density at radius 2 is 1.63 bits per heavy atom. The van der Waals surface area contributed by atoms with Crippen LogP contribution in [-0.4, -0.2) is 41.4 Å². The first-order valence-corrected chi connectivity index (χ1v) is 14.5. The van der Waals surface area contributed by atoms with Gasteiger partial charge in [0.05, 0.1) is 0 Å². The number of nitrogens with zero attached hydrogens (tertiary/aromatic N) is 2. The highest BCUT2D eigenvalue weighted by Gasteiger charge is 2.20. The monoisotopic (exact) mass is 512 g/mol. The fourth-order valence-corrected chi connectivity index (χ4v) is 5.24. The largest absolute Gasteiger partial charge is 0.489 e. The van der Waals surface area contributed by atoms with Crippen molar-refractivity contribution in [1.29, 1.82) is 0 Å². The Bertz CT molecular complexity index is 1100. The van der Waals surface area contributed by atoms with Gasteiger partial charge in [-0.05, 0) is 86.5 Å². The van der Waals surface area contributed by atoms with Crippen molar-refractivity contribution in [2.45, 2.75) is 78.0 Å². The molecule has 0 aromatic heterocycles. The van der Waals surface area contributed by atoms with Gasteiger partial charge in [-0.15, -0.1) is 0 Å². The van der Waals surface area contributed by atoms with Gasteiger partial charge in [-0.3, -0.25) is 4.79 Å². The summed E-state index contributed by atoms with van der Waals surface area (Å²) in [5, 5.41) is 0. The minimum absolute atomic E-state index is 0.114. The number of unbranched alkanes of at least 4 members (excludes halogenated alkanes) is 1. The van der Waals surface area contributed by atoms with Crippen LogP contribution < -0.4 is 4.74 Å². The minimum Gasteiger partial charge on any atom is -0.489 e. The van der Waals surface area contributed by atoms with Gasteiger partial charge < -0.3 is 14.5 Å². The number of hydrogen-bond acceptors (Lipinski definition) is 3. The van der Waals surface area contributed by atoms with Crippen LogP contribution in [0.4, 0.5) is 0 Å². The summed E-state index contributed by atoms with van der Waals surface area (Å²) in [6.07, 6.45) is 8.33. The van der Waals surface area contributed by atoms with E-state index >= 15 is 0 Å². The molecule has 0 bridgehead atoms. The summed E-state index contributed by atoms with van der Waals surface area (Å²) in [5.41, 5.74) is 4.35. The highest BCUT2D eigenvalue weighted by atomic mass is 16.5. The molecule has 0 radical (unpaired) electrons. The number of ether oxygens (including phenoxy) is 1. The first kappa shape index (κ1) is 27.9. The Labute approximate surface area is 229 Å². The molecule has 3 aromatic carbocycles. The van der Waals surface area contributed by atoms with E-state index in [9.17, 15) is 4.79 Å². The second kappa shape index (κ2) is 14.7. The van der Waals surface area contributed by atoms with Gasteiger partial charge >= 0.3 is 0 Å². The van der Waals surface area contributed by atoms with Gasteiger partial charge in [0, 0.05) is 31.2 Å². The van der Waals surface area contributed by atoms with E-state index in [2.05, 4.69) is 55.1 Å². The van der Waals surface area contributed by atoms with Crippen molar-refractivity contribution in [3.63, 3.8) is 0 Å². The maximum absolute atomic E-state index is 13.6. The lowest BCUT2D eigenvalue weighted by atomic mass is 10.0. The van der Waals surface area contributed by atoms with Crippen LogP contribution >= 0.6 is 0 Å². The Balaban J connectivity index is 1.39. The van der Waals surface area contributed by atoms with Crippen molar-refractivity contribution in [2.75, 3.05) is 19.6 Å². The molecule has 0 N–H and O–H groups in total.